The molecule has 13 heavy (non-hydrogen) atoms. The Hall–Kier alpha value is -0.550. The molecular weight excluding hydrogens is 187 g/mol. The van der Waals surface area contributed by atoms with Crippen LogP contribution in [0.25, 0.3) is 0 Å². The van der Waals surface area contributed by atoms with Gasteiger partial charge in [-0.25, -0.2) is 0 Å². The lowest BCUT2D eigenvalue weighted by atomic mass is 9.95. The van der Waals surface area contributed by atoms with Crippen LogP contribution in [0, 0.1) is 17.8 Å². The first-order valence-electron chi connectivity index (χ1n) is 3.77. The Kier molecular flexibility index (Phi) is 6.89. The standard InChI is InChI=1S/C8H12.CH5O3P/c1-5-7-8(3,4)6-2;1-5(2,3)4/h2,5,7H,1,3-4H3;1H3,(H2,2,3,4). The Morgan fingerprint density at radius 2 is 1.77 bits per heavy atom. The minimum Gasteiger partial charge on any atom is -0.325 e. The van der Waals surface area contributed by atoms with Crippen LogP contribution in [0.15, 0.2) is 12.2 Å². The Morgan fingerprint density at radius 3 is 1.85 bits per heavy atom. The van der Waals surface area contributed by atoms with E-state index in [-0.39, 0.29) is 5.41 Å². The van der Waals surface area contributed by atoms with Gasteiger partial charge in [0, 0.05) is 12.1 Å². The largest absolute Gasteiger partial charge is 0.325 e. The third-order valence-corrected chi connectivity index (χ3v) is 0.955. The highest BCUT2D eigenvalue weighted by atomic mass is 31.2. The normalized spacial score (nSPS) is 11.8. The van der Waals surface area contributed by atoms with Crippen LogP contribution in [0.4, 0.5) is 0 Å². The number of hydrogen-bond acceptors (Lipinski definition) is 1. The fraction of sp³-hybridized carbons (Fsp3) is 0.556. The summed E-state index contributed by atoms with van der Waals surface area (Å²) in [7, 11) is -3.64. The summed E-state index contributed by atoms with van der Waals surface area (Å²) >= 11 is 0. The highest BCUT2D eigenvalue weighted by Gasteiger charge is 2.05. The molecule has 0 aromatic rings. The average Bonchev–Trinajstić information content (AvgIpc) is 1.84. The molecule has 0 heterocycles. The number of terminal acetylenes is 1. The zero-order chi connectivity index (χ0) is 11.1. The molecule has 0 fully saturated rings. The zero-order valence-corrected chi connectivity index (χ0v) is 9.38. The van der Waals surface area contributed by atoms with Crippen LogP contribution in [0.2, 0.25) is 0 Å². The Bertz CT molecular complexity index is 234. The minimum absolute atomic E-state index is 0.0608. The van der Waals surface area contributed by atoms with E-state index in [0.29, 0.717) is 0 Å². The Morgan fingerprint density at radius 1 is 1.46 bits per heavy atom. The topological polar surface area (TPSA) is 57.5 Å². The predicted octanol–water partition coefficient (Wildman–Crippen LogP) is 2.02. The molecule has 0 saturated carbocycles. The second-order valence-electron chi connectivity index (χ2n) is 3.20. The summed E-state index contributed by atoms with van der Waals surface area (Å²) < 4.78 is 9.33. The van der Waals surface area contributed by atoms with Crippen LogP contribution in [0.5, 0.6) is 0 Å². The van der Waals surface area contributed by atoms with Gasteiger partial charge in [0.2, 0.25) is 0 Å². The van der Waals surface area contributed by atoms with E-state index in [2.05, 4.69) is 5.92 Å². The van der Waals surface area contributed by atoms with Crippen molar-refractivity contribution < 1.29 is 14.4 Å². The van der Waals surface area contributed by atoms with Crippen molar-refractivity contribution in [3.05, 3.63) is 12.2 Å². The van der Waals surface area contributed by atoms with Crippen LogP contribution < -0.4 is 0 Å². The van der Waals surface area contributed by atoms with Gasteiger partial charge in [-0.05, 0) is 20.8 Å². The summed E-state index contributed by atoms with van der Waals surface area (Å²) in [6.07, 6.45) is 9.17. The molecule has 0 saturated heterocycles. The molecule has 0 aliphatic carbocycles. The molecule has 76 valence electrons. The third kappa shape index (κ3) is 24.6. The van der Waals surface area contributed by atoms with E-state index in [9.17, 15) is 4.57 Å². The lowest BCUT2D eigenvalue weighted by Crippen LogP contribution is -2.01. The monoisotopic (exact) mass is 204 g/mol. The number of hydrogen-bond donors (Lipinski definition) is 2. The van der Waals surface area contributed by atoms with E-state index in [0.717, 1.165) is 6.66 Å². The van der Waals surface area contributed by atoms with Crippen LogP contribution in [-0.2, 0) is 4.57 Å². The molecular formula is C9H17O3P. The maximum atomic E-state index is 9.33. The molecule has 0 bridgehead atoms. The van der Waals surface area contributed by atoms with Crippen molar-refractivity contribution in [2.75, 3.05) is 6.66 Å². The first-order chi connectivity index (χ1) is 5.62. The highest BCUT2D eigenvalue weighted by Crippen LogP contribution is 2.26. The third-order valence-electron chi connectivity index (χ3n) is 0.955. The first kappa shape index (κ1) is 14.9. The van der Waals surface area contributed by atoms with E-state index < -0.39 is 7.60 Å². The lowest BCUT2D eigenvalue weighted by molar-refractivity contribution is 0.381. The lowest BCUT2D eigenvalue weighted by Gasteiger charge is -2.08. The maximum absolute atomic E-state index is 9.33. The van der Waals surface area contributed by atoms with Gasteiger partial charge in [0.15, 0.2) is 0 Å². The second kappa shape index (κ2) is 5.99. The van der Waals surface area contributed by atoms with Gasteiger partial charge in [-0.3, -0.25) is 4.57 Å². The van der Waals surface area contributed by atoms with Gasteiger partial charge in [-0.2, -0.15) is 0 Å². The van der Waals surface area contributed by atoms with Gasteiger partial charge in [0.25, 0.3) is 0 Å². The smallest absolute Gasteiger partial charge is 0.322 e. The SMILES string of the molecule is C#CC(C)(C)C=CC.CP(=O)(O)O. The molecule has 2 N–H and O–H groups in total. The zero-order valence-electron chi connectivity index (χ0n) is 8.48. The van der Waals surface area contributed by atoms with Crippen molar-refractivity contribution in [2.45, 2.75) is 20.8 Å². The van der Waals surface area contributed by atoms with Gasteiger partial charge in [-0.15, -0.1) is 6.42 Å². The van der Waals surface area contributed by atoms with Gasteiger partial charge in [-0.1, -0.05) is 18.1 Å². The molecule has 0 aliphatic heterocycles. The van der Waals surface area contributed by atoms with Gasteiger partial charge >= 0.3 is 7.60 Å². The Balaban J connectivity index is 0. The highest BCUT2D eigenvalue weighted by molar-refractivity contribution is 7.50. The molecule has 0 aromatic carbocycles. The van der Waals surface area contributed by atoms with Crippen LogP contribution in [-0.4, -0.2) is 16.5 Å². The quantitative estimate of drug-likeness (QED) is 0.390. The van der Waals surface area contributed by atoms with Crippen LogP contribution in [0.3, 0.4) is 0 Å². The Labute approximate surface area is 80.0 Å². The van der Waals surface area contributed by atoms with E-state index in [1.165, 1.54) is 0 Å². The van der Waals surface area contributed by atoms with Crippen molar-refractivity contribution >= 4 is 7.60 Å². The van der Waals surface area contributed by atoms with Crippen molar-refractivity contribution in [1.29, 1.82) is 0 Å². The summed E-state index contributed by atoms with van der Waals surface area (Å²) in [5.41, 5.74) is -0.0608. The van der Waals surface area contributed by atoms with E-state index in [1.807, 2.05) is 32.9 Å². The molecule has 0 aromatic heterocycles. The van der Waals surface area contributed by atoms with Gasteiger partial charge in [0.1, 0.15) is 0 Å². The molecule has 0 radical (unpaired) electrons. The fourth-order valence-electron chi connectivity index (χ4n) is 0.465. The molecule has 3 nitrogen and oxygen atoms in total. The molecule has 0 rings (SSSR count). The predicted molar refractivity (Wildman–Crippen MR) is 55.4 cm³/mol. The van der Waals surface area contributed by atoms with Crippen LogP contribution in [0.1, 0.15) is 20.8 Å². The minimum atomic E-state index is -3.64. The molecule has 0 spiro atoms. The van der Waals surface area contributed by atoms with E-state index in [1.54, 1.807) is 0 Å². The second-order valence-corrected chi connectivity index (χ2v) is 4.87. The molecule has 0 amide bonds. The first-order valence-corrected chi connectivity index (χ1v) is 5.83. The number of rotatable bonds is 1. The van der Waals surface area contributed by atoms with Crippen molar-refractivity contribution in [3.8, 4) is 12.3 Å². The fourth-order valence-corrected chi connectivity index (χ4v) is 0.465. The molecule has 0 atom stereocenters. The van der Waals surface area contributed by atoms with Crippen molar-refractivity contribution in [3.63, 3.8) is 0 Å². The summed E-state index contributed by atoms with van der Waals surface area (Å²) in [6, 6.07) is 0. The molecule has 4 heteroatoms. The summed E-state index contributed by atoms with van der Waals surface area (Å²) in [5.74, 6) is 2.66. The number of allylic oxidation sites excluding steroid dienone is 2. The van der Waals surface area contributed by atoms with Gasteiger partial charge < -0.3 is 9.79 Å². The molecule has 0 unspecified atom stereocenters. The van der Waals surface area contributed by atoms with E-state index in [4.69, 9.17) is 16.2 Å². The van der Waals surface area contributed by atoms with Crippen molar-refractivity contribution in [2.24, 2.45) is 5.41 Å². The molecule has 0 aliphatic rings. The van der Waals surface area contributed by atoms with Crippen molar-refractivity contribution in [1.82, 2.24) is 0 Å². The average molecular weight is 204 g/mol. The summed E-state index contributed by atoms with van der Waals surface area (Å²) in [6.45, 7) is 6.84. The van der Waals surface area contributed by atoms with Gasteiger partial charge in [0.05, 0.1) is 0 Å². The van der Waals surface area contributed by atoms with E-state index >= 15 is 0 Å². The van der Waals surface area contributed by atoms with Crippen LogP contribution >= 0.6 is 7.60 Å². The summed E-state index contributed by atoms with van der Waals surface area (Å²) in [5, 5.41) is 0. The summed E-state index contributed by atoms with van der Waals surface area (Å²) in [4.78, 5) is 15.3. The maximum Gasteiger partial charge on any atom is 0.322 e.